The number of ether oxygens (including phenoxy) is 4. The minimum atomic E-state index is -0.970. The second-order valence-corrected chi connectivity index (χ2v) is 5.54. The van der Waals surface area contributed by atoms with Crippen molar-refractivity contribution in [2.75, 3.05) is 21.0 Å². The second-order valence-electron chi connectivity index (χ2n) is 5.54. The Labute approximate surface area is 161 Å². The summed E-state index contributed by atoms with van der Waals surface area (Å²) in [7, 11) is 3.05. The first-order valence-corrected chi connectivity index (χ1v) is 8.16. The first-order valence-electron chi connectivity index (χ1n) is 8.16. The van der Waals surface area contributed by atoms with Gasteiger partial charge in [-0.15, -0.1) is 0 Å². The number of rotatable bonds is 6. The van der Waals surface area contributed by atoms with Crippen LogP contribution in [0.15, 0.2) is 42.5 Å². The van der Waals surface area contributed by atoms with E-state index in [9.17, 15) is 9.59 Å². The molecule has 0 amide bonds. The van der Waals surface area contributed by atoms with Crippen molar-refractivity contribution >= 4 is 18.0 Å². The standard InChI is InChI=1S/C10H8O4.C10H12O4/c11-10(12)4-2-7-1-3-8-9(5-7)14-6-13-8;1-13-8-4-3-7(6-10(11)12)5-9(8)14-2/h1-5H,6H2,(H,11,12);3-5H,6H2,1-2H3,(H,11,12)/b4-2+;. The smallest absolute Gasteiger partial charge is 0.328 e. The molecule has 0 saturated carbocycles. The van der Waals surface area contributed by atoms with Crippen molar-refractivity contribution in [1.82, 2.24) is 0 Å². The Morgan fingerprint density at radius 3 is 2.36 bits per heavy atom. The number of carboxylic acids is 2. The van der Waals surface area contributed by atoms with Crippen LogP contribution in [0.4, 0.5) is 0 Å². The van der Waals surface area contributed by atoms with Crippen LogP contribution in [-0.4, -0.2) is 43.2 Å². The topological polar surface area (TPSA) is 112 Å². The minimum absolute atomic E-state index is 0.0135. The number of hydrogen-bond acceptors (Lipinski definition) is 6. The molecule has 2 N–H and O–H groups in total. The summed E-state index contributed by atoms with van der Waals surface area (Å²) < 4.78 is 20.3. The Kier molecular flexibility index (Phi) is 7.27. The highest BCUT2D eigenvalue weighted by Gasteiger charge is 2.12. The minimum Gasteiger partial charge on any atom is -0.493 e. The van der Waals surface area contributed by atoms with Gasteiger partial charge in [-0.3, -0.25) is 4.79 Å². The predicted molar refractivity (Wildman–Crippen MR) is 100 cm³/mol. The van der Waals surface area contributed by atoms with Crippen LogP contribution in [0.25, 0.3) is 6.08 Å². The molecule has 2 aromatic carbocycles. The van der Waals surface area contributed by atoms with Gasteiger partial charge >= 0.3 is 11.9 Å². The fraction of sp³-hybridized carbons (Fsp3) is 0.200. The molecule has 0 unspecified atom stereocenters. The monoisotopic (exact) mass is 388 g/mol. The van der Waals surface area contributed by atoms with E-state index in [1.807, 2.05) is 0 Å². The lowest BCUT2D eigenvalue weighted by Gasteiger charge is -2.08. The molecule has 1 aliphatic rings. The van der Waals surface area contributed by atoms with E-state index in [0.717, 1.165) is 11.6 Å². The molecule has 0 saturated heterocycles. The largest absolute Gasteiger partial charge is 0.493 e. The number of carbonyl (C=O) groups is 2. The number of benzene rings is 2. The zero-order valence-electron chi connectivity index (χ0n) is 15.4. The summed E-state index contributed by atoms with van der Waals surface area (Å²) in [6.45, 7) is 0.224. The average Bonchev–Trinajstić information content (AvgIpc) is 3.14. The summed E-state index contributed by atoms with van der Waals surface area (Å²) in [5.41, 5.74) is 1.46. The average molecular weight is 388 g/mol. The van der Waals surface area contributed by atoms with Gasteiger partial charge in [-0.2, -0.15) is 0 Å². The van der Waals surface area contributed by atoms with Gasteiger partial charge < -0.3 is 29.2 Å². The van der Waals surface area contributed by atoms with Crippen LogP contribution < -0.4 is 18.9 Å². The summed E-state index contributed by atoms with van der Waals surface area (Å²) in [6, 6.07) is 10.3. The van der Waals surface area contributed by atoms with Crippen molar-refractivity contribution in [3.05, 3.63) is 53.6 Å². The third-order valence-corrected chi connectivity index (χ3v) is 3.62. The van der Waals surface area contributed by atoms with E-state index in [4.69, 9.17) is 29.2 Å². The van der Waals surface area contributed by atoms with Crippen LogP contribution in [0, 0.1) is 0 Å². The quantitative estimate of drug-likeness (QED) is 0.727. The van der Waals surface area contributed by atoms with Crippen LogP contribution in [0.3, 0.4) is 0 Å². The third-order valence-electron chi connectivity index (χ3n) is 3.62. The Balaban J connectivity index is 0.000000200. The van der Waals surface area contributed by atoms with Gasteiger partial charge in [0.25, 0.3) is 0 Å². The van der Waals surface area contributed by atoms with Crippen molar-refractivity contribution in [3.63, 3.8) is 0 Å². The van der Waals surface area contributed by atoms with Gasteiger partial charge in [-0.05, 0) is 41.5 Å². The molecule has 0 atom stereocenters. The van der Waals surface area contributed by atoms with Crippen molar-refractivity contribution in [3.8, 4) is 23.0 Å². The van der Waals surface area contributed by atoms with Gasteiger partial charge in [0, 0.05) is 6.08 Å². The Bertz CT molecular complexity index is 873. The predicted octanol–water partition coefficient (Wildman–Crippen LogP) is 2.84. The first kappa shape index (κ1) is 20.6. The lowest BCUT2D eigenvalue weighted by molar-refractivity contribution is -0.136. The highest BCUT2D eigenvalue weighted by molar-refractivity contribution is 5.85. The van der Waals surface area contributed by atoms with E-state index < -0.39 is 11.9 Å². The van der Waals surface area contributed by atoms with Gasteiger partial charge in [-0.1, -0.05) is 12.1 Å². The van der Waals surface area contributed by atoms with E-state index in [1.54, 1.807) is 36.4 Å². The summed E-state index contributed by atoms with van der Waals surface area (Å²) in [5, 5.41) is 17.0. The number of aliphatic carboxylic acids is 2. The molecule has 148 valence electrons. The maximum absolute atomic E-state index is 10.5. The van der Waals surface area contributed by atoms with E-state index in [1.165, 1.54) is 20.3 Å². The van der Waals surface area contributed by atoms with E-state index in [0.29, 0.717) is 28.6 Å². The fourth-order valence-electron chi connectivity index (χ4n) is 2.35. The van der Waals surface area contributed by atoms with Gasteiger partial charge in [0.15, 0.2) is 23.0 Å². The summed E-state index contributed by atoms with van der Waals surface area (Å²) in [6.07, 6.45) is 2.57. The Morgan fingerprint density at radius 1 is 1.00 bits per heavy atom. The zero-order chi connectivity index (χ0) is 20.5. The first-order chi connectivity index (χ1) is 13.4. The normalized spacial score (nSPS) is 11.5. The van der Waals surface area contributed by atoms with Crippen molar-refractivity contribution in [1.29, 1.82) is 0 Å². The molecule has 1 aliphatic heterocycles. The summed E-state index contributed by atoms with van der Waals surface area (Å²) in [5.74, 6) is 0.655. The number of fused-ring (bicyclic) bond motifs is 1. The maximum Gasteiger partial charge on any atom is 0.328 e. The van der Waals surface area contributed by atoms with Crippen molar-refractivity contribution < 1.29 is 38.7 Å². The molecule has 2 aromatic rings. The van der Waals surface area contributed by atoms with Gasteiger partial charge in [0.2, 0.25) is 6.79 Å². The Morgan fingerprint density at radius 2 is 1.71 bits per heavy atom. The van der Waals surface area contributed by atoms with Crippen LogP contribution in [0.1, 0.15) is 11.1 Å². The molecule has 0 radical (unpaired) electrons. The van der Waals surface area contributed by atoms with Crippen LogP contribution in [0.2, 0.25) is 0 Å². The van der Waals surface area contributed by atoms with Gasteiger partial charge in [0.05, 0.1) is 20.6 Å². The number of carboxylic acid groups (broad SMARTS) is 2. The molecule has 0 fully saturated rings. The van der Waals surface area contributed by atoms with Gasteiger partial charge in [-0.25, -0.2) is 4.79 Å². The molecule has 0 aromatic heterocycles. The fourth-order valence-corrected chi connectivity index (χ4v) is 2.35. The van der Waals surface area contributed by atoms with Crippen LogP contribution >= 0.6 is 0 Å². The highest BCUT2D eigenvalue weighted by atomic mass is 16.7. The SMILES string of the molecule is COc1ccc(CC(=O)O)cc1OC.O=C(O)/C=C/c1ccc2c(c1)OCO2. The molecule has 28 heavy (non-hydrogen) atoms. The molecule has 8 nitrogen and oxygen atoms in total. The maximum atomic E-state index is 10.5. The van der Waals surface area contributed by atoms with Gasteiger partial charge in [0.1, 0.15) is 0 Å². The van der Waals surface area contributed by atoms with Crippen LogP contribution in [0.5, 0.6) is 23.0 Å². The van der Waals surface area contributed by atoms with Crippen LogP contribution in [-0.2, 0) is 16.0 Å². The molecule has 0 spiro atoms. The van der Waals surface area contributed by atoms with E-state index >= 15 is 0 Å². The lowest BCUT2D eigenvalue weighted by atomic mass is 10.1. The lowest BCUT2D eigenvalue weighted by Crippen LogP contribution is -2.00. The summed E-state index contributed by atoms with van der Waals surface area (Å²) in [4.78, 5) is 20.7. The summed E-state index contributed by atoms with van der Waals surface area (Å²) >= 11 is 0. The van der Waals surface area contributed by atoms with Crippen molar-refractivity contribution in [2.45, 2.75) is 6.42 Å². The van der Waals surface area contributed by atoms with E-state index in [-0.39, 0.29) is 13.2 Å². The molecule has 8 heteroatoms. The molecular weight excluding hydrogens is 368 g/mol. The van der Waals surface area contributed by atoms with E-state index in [2.05, 4.69) is 0 Å². The Hall–Kier alpha value is -3.68. The molecule has 0 aliphatic carbocycles. The highest BCUT2D eigenvalue weighted by Crippen LogP contribution is 2.32. The second kappa shape index (κ2) is 9.86. The van der Waals surface area contributed by atoms with Crippen molar-refractivity contribution in [2.24, 2.45) is 0 Å². The molecular formula is C20H20O8. The number of methoxy groups -OCH3 is 2. The molecule has 3 rings (SSSR count). The number of hydrogen-bond donors (Lipinski definition) is 2. The third kappa shape index (κ3) is 5.94. The molecule has 0 bridgehead atoms. The zero-order valence-corrected chi connectivity index (χ0v) is 15.4. The molecule has 1 heterocycles.